The minimum Gasteiger partial charge on any atom is -0.378 e. The van der Waals surface area contributed by atoms with Crippen LogP contribution >= 0.6 is 0 Å². The smallest absolute Gasteiger partial charge is 0.225 e. The summed E-state index contributed by atoms with van der Waals surface area (Å²) in [6.45, 7) is 2.46. The standard InChI is InChI=1S/C18H23N3O2/c22-17(12-14-4-3-11-23-14)21-9-7-13(8-10-21)18-19-15-5-1-2-6-16(15)20-18/h1-2,5-6,13-14H,3-4,7-12H2,(H,19,20). The van der Waals surface area contributed by atoms with Gasteiger partial charge < -0.3 is 14.6 Å². The number of nitrogens with one attached hydrogen (secondary N) is 1. The summed E-state index contributed by atoms with van der Waals surface area (Å²) in [6.07, 6.45) is 4.78. The summed E-state index contributed by atoms with van der Waals surface area (Å²) in [7, 11) is 0. The first-order valence-electron chi connectivity index (χ1n) is 8.63. The molecule has 2 aromatic rings. The number of carbonyl (C=O) groups is 1. The van der Waals surface area contributed by atoms with Gasteiger partial charge in [-0.15, -0.1) is 0 Å². The van der Waals surface area contributed by atoms with E-state index in [1.54, 1.807) is 0 Å². The number of aromatic nitrogens is 2. The van der Waals surface area contributed by atoms with E-state index in [2.05, 4.69) is 11.1 Å². The van der Waals surface area contributed by atoms with Crippen molar-refractivity contribution in [2.75, 3.05) is 19.7 Å². The van der Waals surface area contributed by atoms with E-state index in [-0.39, 0.29) is 12.0 Å². The zero-order valence-corrected chi connectivity index (χ0v) is 13.3. The quantitative estimate of drug-likeness (QED) is 0.948. The number of nitrogens with zero attached hydrogens (tertiary/aromatic N) is 2. The zero-order chi connectivity index (χ0) is 15.6. The van der Waals surface area contributed by atoms with Crippen LogP contribution in [0.25, 0.3) is 11.0 Å². The highest BCUT2D eigenvalue weighted by Gasteiger charge is 2.28. The third-order valence-electron chi connectivity index (χ3n) is 5.07. The third-order valence-corrected chi connectivity index (χ3v) is 5.07. The third kappa shape index (κ3) is 3.11. The number of hydrogen-bond donors (Lipinski definition) is 1. The Balaban J connectivity index is 1.35. The number of H-pyrrole nitrogens is 1. The molecular formula is C18H23N3O2. The monoisotopic (exact) mass is 313 g/mol. The first-order valence-corrected chi connectivity index (χ1v) is 8.63. The van der Waals surface area contributed by atoms with Gasteiger partial charge in [0.05, 0.1) is 23.6 Å². The van der Waals surface area contributed by atoms with Crippen molar-refractivity contribution in [2.45, 2.75) is 44.1 Å². The maximum Gasteiger partial charge on any atom is 0.225 e. The number of likely N-dealkylation sites (tertiary alicyclic amines) is 1. The molecule has 1 amide bonds. The largest absolute Gasteiger partial charge is 0.378 e. The molecule has 0 bridgehead atoms. The Morgan fingerprint density at radius 3 is 2.83 bits per heavy atom. The van der Waals surface area contributed by atoms with Crippen LogP contribution in [-0.2, 0) is 9.53 Å². The number of imidazole rings is 1. The first kappa shape index (κ1) is 14.7. The number of ether oxygens (including phenoxy) is 1. The highest BCUT2D eigenvalue weighted by molar-refractivity contribution is 5.77. The highest BCUT2D eigenvalue weighted by Crippen LogP contribution is 2.28. The number of fused-ring (bicyclic) bond motifs is 1. The molecule has 4 rings (SSSR count). The molecule has 1 N–H and O–H groups in total. The van der Waals surface area contributed by atoms with E-state index in [9.17, 15) is 4.79 Å². The molecule has 1 aromatic carbocycles. The molecule has 122 valence electrons. The van der Waals surface area contributed by atoms with E-state index in [4.69, 9.17) is 9.72 Å². The average Bonchev–Trinajstić information content (AvgIpc) is 3.24. The van der Waals surface area contributed by atoms with E-state index >= 15 is 0 Å². The Kier molecular flexibility index (Phi) is 4.04. The number of para-hydroxylation sites is 2. The van der Waals surface area contributed by atoms with Gasteiger partial charge in [-0.3, -0.25) is 4.79 Å². The normalized spacial score (nSPS) is 22.8. The van der Waals surface area contributed by atoms with Crippen LogP contribution in [0, 0.1) is 0 Å². The van der Waals surface area contributed by atoms with Crippen molar-refractivity contribution in [3.63, 3.8) is 0 Å². The molecule has 1 unspecified atom stereocenters. The van der Waals surface area contributed by atoms with Gasteiger partial charge in [0.15, 0.2) is 0 Å². The van der Waals surface area contributed by atoms with Crippen LogP contribution in [0.1, 0.15) is 43.8 Å². The van der Waals surface area contributed by atoms with Crippen LogP contribution in [0.2, 0.25) is 0 Å². The fraction of sp³-hybridized carbons (Fsp3) is 0.556. The molecule has 0 aliphatic carbocycles. The maximum atomic E-state index is 12.4. The lowest BCUT2D eigenvalue weighted by Crippen LogP contribution is -2.39. The molecular weight excluding hydrogens is 290 g/mol. The molecule has 2 aliphatic rings. The Hall–Kier alpha value is -1.88. The van der Waals surface area contributed by atoms with Crippen LogP contribution in [0.3, 0.4) is 0 Å². The summed E-state index contributed by atoms with van der Waals surface area (Å²) in [5.41, 5.74) is 2.12. The Morgan fingerprint density at radius 1 is 1.26 bits per heavy atom. The van der Waals surface area contributed by atoms with Crippen molar-refractivity contribution in [2.24, 2.45) is 0 Å². The molecule has 0 spiro atoms. The summed E-state index contributed by atoms with van der Waals surface area (Å²) in [5.74, 6) is 1.74. The second-order valence-electron chi connectivity index (χ2n) is 6.63. The Bertz CT molecular complexity index is 649. The van der Waals surface area contributed by atoms with Gasteiger partial charge in [-0.1, -0.05) is 12.1 Å². The molecule has 2 fully saturated rings. The number of piperidine rings is 1. The summed E-state index contributed by atoms with van der Waals surface area (Å²) in [4.78, 5) is 22.5. The van der Waals surface area contributed by atoms with E-state index < -0.39 is 0 Å². The molecule has 5 nitrogen and oxygen atoms in total. The van der Waals surface area contributed by atoms with Crippen LogP contribution in [0.4, 0.5) is 0 Å². The van der Waals surface area contributed by atoms with Gasteiger partial charge in [-0.2, -0.15) is 0 Å². The SMILES string of the molecule is O=C(CC1CCCO1)N1CCC(c2nc3ccccc3[nH]2)CC1. The minimum absolute atomic E-state index is 0.149. The molecule has 1 atom stereocenters. The molecule has 1 aromatic heterocycles. The molecule has 23 heavy (non-hydrogen) atoms. The zero-order valence-electron chi connectivity index (χ0n) is 13.3. The van der Waals surface area contributed by atoms with Gasteiger partial charge in [0.2, 0.25) is 5.91 Å². The van der Waals surface area contributed by atoms with Crippen molar-refractivity contribution in [3.8, 4) is 0 Å². The average molecular weight is 313 g/mol. The molecule has 2 saturated heterocycles. The topological polar surface area (TPSA) is 58.2 Å². The molecule has 0 radical (unpaired) electrons. The molecule has 5 heteroatoms. The number of amides is 1. The van der Waals surface area contributed by atoms with Gasteiger partial charge >= 0.3 is 0 Å². The van der Waals surface area contributed by atoms with Crippen molar-refractivity contribution >= 4 is 16.9 Å². The Morgan fingerprint density at radius 2 is 2.09 bits per heavy atom. The minimum atomic E-state index is 0.149. The van der Waals surface area contributed by atoms with Crippen molar-refractivity contribution < 1.29 is 9.53 Å². The van der Waals surface area contributed by atoms with E-state index in [0.29, 0.717) is 12.3 Å². The Labute approximate surface area is 136 Å². The number of benzene rings is 1. The fourth-order valence-corrected chi connectivity index (χ4v) is 3.70. The number of rotatable bonds is 3. The predicted octanol–water partition coefficient (Wildman–Crippen LogP) is 2.84. The van der Waals surface area contributed by atoms with E-state index in [0.717, 1.165) is 62.2 Å². The lowest BCUT2D eigenvalue weighted by molar-refractivity contribution is -0.134. The fourth-order valence-electron chi connectivity index (χ4n) is 3.70. The van der Waals surface area contributed by atoms with Crippen LogP contribution in [-0.4, -0.2) is 46.6 Å². The van der Waals surface area contributed by atoms with E-state index in [1.165, 1.54) is 0 Å². The maximum absolute atomic E-state index is 12.4. The molecule has 3 heterocycles. The predicted molar refractivity (Wildman–Crippen MR) is 88.2 cm³/mol. The second-order valence-corrected chi connectivity index (χ2v) is 6.63. The lowest BCUT2D eigenvalue weighted by Gasteiger charge is -2.31. The second kappa shape index (κ2) is 6.32. The van der Waals surface area contributed by atoms with Gasteiger partial charge in [-0.05, 0) is 37.8 Å². The van der Waals surface area contributed by atoms with Crippen LogP contribution in [0.5, 0.6) is 0 Å². The molecule has 0 saturated carbocycles. The van der Waals surface area contributed by atoms with Crippen LogP contribution in [0.15, 0.2) is 24.3 Å². The number of hydrogen-bond acceptors (Lipinski definition) is 3. The number of aromatic amines is 1. The first-order chi connectivity index (χ1) is 11.3. The van der Waals surface area contributed by atoms with Crippen molar-refractivity contribution in [3.05, 3.63) is 30.1 Å². The summed E-state index contributed by atoms with van der Waals surface area (Å²) in [5, 5.41) is 0. The van der Waals surface area contributed by atoms with Gasteiger partial charge in [-0.25, -0.2) is 4.98 Å². The summed E-state index contributed by atoms with van der Waals surface area (Å²) in [6, 6.07) is 8.14. The van der Waals surface area contributed by atoms with Gasteiger partial charge in [0, 0.05) is 25.6 Å². The summed E-state index contributed by atoms with van der Waals surface area (Å²) < 4.78 is 5.58. The van der Waals surface area contributed by atoms with Gasteiger partial charge in [0.25, 0.3) is 0 Å². The molecule has 2 aliphatic heterocycles. The van der Waals surface area contributed by atoms with Crippen molar-refractivity contribution in [1.29, 1.82) is 0 Å². The highest BCUT2D eigenvalue weighted by atomic mass is 16.5. The number of carbonyl (C=O) groups excluding carboxylic acids is 1. The van der Waals surface area contributed by atoms with E-state index in [1.807, 2.05) is 23.1 Å². The lowest BCUT2D eigenvalue weighted by atomic mass is 9.95. The van der Waals surface area contributed by atoms with Crippen LogP contribution < -0.4 is 0 Å². The van der Waals surface area contributed by atoms with Crippen molar-refractivity contribution in [1.82, 2.24) is 14.9 Å². The summed E-state index contributed by atoms with van der Waals surface area (Å²) >= 11 is 0. The van der Waals surface area contributed by atoms with Gasteiger partial charge in [0.1, 0.15) is 5.82 Å².